The highest BCUT2D eigenvalue weighted by atomic mass is 79.9. The van der Waals surface area contributed by atoms with Crippen molar-refractivity contribution in [3.63, 3.8) is 0 Å². The summed E-state index contributed by atoms with van der Waals surface area (Å²) in [5.41, 5.74) is 6.16. The number of halogens is 1. The monoisotopic (exact) mass is 504 g/mol. The Kier molecular flexibility index (Phi) is 6.20. The van der Waals surface area contributed by atoms with Crippen LogP contribution in [-0.4, -0.2) is 40.9 Å². The molecule has 1 aliphatic heterocycles. The standard InChI is InChI=1S/C25H25BrN6O/c1-17-6-8-20(9-7-17)24-23(26)25-28-21(29-27-16-19-5-3-4-18(2)14-19)15-22(32(25)30-24)31-10-12-33-13-11-31/h3-9,14-15H,10-13,16H2,1-2H3. The molecule has 33 heavy (non-hydrogen) atoms. The van der Waals surface area contributed by atoms with Crippen LogP contribution in [0.4, 0.5) is 11.6 Å². The third kappa shape index (κ3) is 4.67. The van der Waals surface area contributed by atoms with E-state index in [2.05, 4.69) is 87.4 Å². The molecular weight excluding hydrogens is 480 g/mol. The molecule has 2 aromatic heterocycles. The molecule has 0 unspecified atom stereocenters. The van der Waals surface area contributed by atoms with E-state index in [1.165, 1.54) is 11.1 Å². The zero-order valence-electron chi connectivity index (χ0n) is 18.7. The van der Waals surface area contributed by atoms with Crippen molar-refractivity contribution in [1.29, 1.82) is 0 Å². The summed E-state index contributed by atoms with van der Waals surface area (Å²) in [7, 11) is 0. The van der Waals surface area contributed by atoms with Crippen LogP contribution in [0.15, 0.2) is 69.3 Å². The lowest BCUT2D eigenvalue weighted by molar-refractivity contribution is 0.122. The number of aryl methyl sites for hydroxylation is 2. The number of rotatable bonds is 5. The SMILES string of the molecule is Cc1ccc(-c2nn3c(N4CCOCC4)cc(N=NCc4cccc(C)c4)nc3c2Br)cc1. The van der Waals surface area contributed by atoms with Gasteiger partial charge < -0.3 is 9.64 Å². The van der Waals surface area contributed by atoms with E-state index >= 15 is 0 Å². The first-order valence-corrected chi connectivity index (χ1v) is 11.8. The summed E-state index contributed by atoms with van der Waals surface area (Å²) in [4.78, 5) is 7.04. The number of hydrogen-bond donors (Lipinski definition) is 0. The fraction of sp³-hybridized carbons (Fsp3) is 0.280. The number of azo groups is 1. The van der Waals surface area contributed by atoms with E-state index in [0.717, 1.165) is 45.8 Å². The molecule has 1 saturated heterocycles. The van der Waals surface area contributed by atoms with E-state index in [1.807, 2.05) is 16.6 Å². The van der Waals surface area contributed by atoms with Crippen LogP contribution < -0.4 is 4.90 Å². The summed E-state index contributed by atoms with van der Waals surface area (Å²) >= 11 is 3.75. The lowest BCUT2D eigenvalue weighted by Gasteiger charge is -2.28. The van der Waals surface area contributed by atoms with Gasteiger partial charge >= 0.3 is 0 Å². The molecule has 0 amide bonds. The zero-order valence-corrected chi connectivity index (χ0v) is 20.3. The molecule has 7 nitrogen and oxygen atoms in total. The van der Waals surface area contributed by atoms with E-state index in [4.69, 9.17) is 14.8 Å². The molecule has 1 fully saturated rings. The molecule has 5 rings (SSSR count). The third-order valence-electron chi connectivity index (χ3n) is 5.67. The second-order valence-corrected chi connectivity index (χ2v) is 9.02. The van der Waals surface area contributed by atoms with Gasteiger partial charge in [0.15, 0.2) is 11.5 Å². The van der Waals surface area contributed by atoms with E-state index in [-0.39, 0.29) is 0 Å². The Labute approximate surface area is 201 Å². The van der Waals surface area contributed by atoms with Gasteiger partial charge in [-0.25, -0.2) is 4.98 Å². The van der Waals surface area contributed by atoms with Gasteiger partial charge in [0.2, 0.25) is 0 Å². The predicted molar refractivity (Wildman–Crippen MR) is 133 cm³/mol. The average molecular weight is 505 g/mol. The second kappa shape index (κ2) is 9.41. The van der Waals surface area contributed by atoms with Crippen molar-refractivity contribution >= 4 is 33.2 Å². The Morgan fingerprint density at radius 3 is 2.55 bits per heavy atom. The third-order valence-corrected chi connectivity index (χ3v) is 6.40. The Morgan fingerprint density at radius 2 is 1.79 bits per heavy atom. The largest absolute Gasteiger partial charge is 0.378 e. The zero-order chi connectivity index (χ0) is 22.8. The van der Waals surface area contributed by atoms with Crippen molar-refractivity contribution in [2.24, 2.45) is 10.2 Å². The normalized spacial score (nSPS) is 14.5. The minimum Gasteiger partial charge on any atom is -0.378 e. The molecule has 1 aliphatic rings. The molecule has 0 radical (unpaired) electrons. The highest BCUT2D eigenvalue weighted by molar-refractivity contribution is 9.10. The fourth-order valence-corrected chi connectivity index (χ4v) is 4.49. The van der Waals surface area contributed by atoms with Crippen LogP contribution >= 0.6 is 15.9 Å². The Hall–Kier alpha value is -3.10. The Balaban J connectivity index is 1.56. The molecule has 8 heteroatoms. The lowest BCUT2D eigenvalue weighted by atomic mass is 10.1. The van der Waals surface area contributed by atoms with Crippen molar-refractivity contribution < 1.29 is 4.74 Å². The summed E-state index contributed by atoms with van der Waals surface area (Å²) in [6.45, 7) is 7.61. The highest BCUT2D eigenvalue weighted by Crippen LogP contribution is 2.34. The molecule has 0 saturated carbocycles. The van der Waals surface area contributed by atoms with Crippen LogP contribution in [0.3, 0.4) is 0 Å². The molecule has 0 atom stereocenters. The van der Waals surface area contributed by atoms with Gasteiger partial charge in [0.05, 0.1) is 24.2 Å². The first-order chi connectivity index (χ1) is 16.1. The number of nitrogens with zero attached hydrogens (tertiary/aromatic N) is 6. The van der Waals surface area contributed by atoms with Gasteiger partial charge in [-0.3, -0.25) is 0 Å². The van der Waals surface area contributed by atoms with Crippen LogP contribution in [0.5, 0.6) is 0 Å². The lowest BCUT2D eigenvalue weighted by Crippen LogP contribution is -2.37. The van der Waals surface area contributed by atoms with E-state index in [9.17, 15) is 0 Å². The molecule has 0 N–H and O–H groups in total. The van der Waals surface area contributed by atoms with Crippen molar-refractivity contribution in [3.8, 4) is 11.3 Å². The number of anilines is 1. The van der Waals surface area contributed by atoms with E-state index in [1.54, 1.807) is 0 Å². The van der Waals surface area contributed by atoms with Crippen LogP contribution in [0, 0.1) is 13.8 Å². The molecule has 168 valence electrons. The van der Waals surface area contributed by atoms with E-state index < -0.39 is 0 Å². The number of hydrogen-bond acceptors (Lipinski definition) is 6. The molecule has 0 spiro atoms. The van der Waals surface area contributed by atoms with Crippen molar-refractivity contribution in [2.75, 3.05) is 31.2 Å². The quantitative estimate of drug-likeness (QED) is 0.317. The van der Waals surface area contributed by atoms with Crippen LogP contribution in [-0.2, 0) is 11.3 Å². The van der Waals surface area contributed by atoms with Gasteiger partial charge in [0.25, 0.3) is 0 Å². The maximum Gasteiger partial charge on any atom is 0.179 e. The summed E-state index contributed by atoms with van der Waals surface area (Å²) in [5.74, 6) is 1.50. The van der Waals surface area contributed by atoms with Crippen LogP contribution in [0.25, 0.3) is 16.9 Å². The number of fused-ring (bicyclic) bond motifs is 1. The molecule has 4 aromatic rings. The topological polar surface area (TPSA) is 67.4 Å². The Morgan fingerprint density at radius 1 is 1.00 bits per heavy atom. The maximum absolute atomic E-state index is 5.56. The summed E-state index contributed by atoms with van der Waals surface area (Å²) < 4.78 is 8.30. The molecule has 0 aliphatic carbocycles. The first kappa shape index (κ1) is 21.7. The summed E-state index contributed by atoms with van der Waals surface area (Å²) in [6.07, 6.45) is 0. The smallest absolute Gasteiger partial charge is 0.179 e. The minimum atomic E-state index is 0.510. The fourth-order valence-electron chi connectivity index (χ4n) is 3.93. The van der Waals surface area contributed by atoms with Crippen molar-refractivity contribution in [2.45, 2.75) is 20.4 Å². The van der Waals surface area contributed by atoms with Crippen molar-refractivity contribution in [1.82, 2.24) is 14.6 Å². The predicted octanol–water partition coefficient (Wildman–Crippen LogP) is 5.90. The van der Waals surface area contributed by atoms with E-state index in [0.29, 0.717) is 25.6 Å². The highest BCUT2D eigenvalue weighted by Gasteiger charge is 2.21. The number of ether oxygens (including phenoxy) is 1. The van der Waals surface area contributed by atoms with Gasteiger partial charge in [-0.2, -0.15) is 14.7 Å². The minimum absolute atomic E-state index is 0.510. The number of aromatic nitrogens is 3. The second-order valence-electron chi connectivity index (χ2n) is 8.22. The van der Waals surface area contributed by atoms with Gasteiger partial charge in [-0.1, -0.05) is 59.7 Å². The number of morpholine rings is 1. The molecule has 3 heterocycles. The maximum atomic E-state index is 5.56. The van der Waals surface area contributed by atoms with Gasteiger partial charge in [-0.05, 0) is 35.3 Å². The van der Waals surface area contributed by atoms with Crippen LogP contribution in [0.2, 0.25) is 0 Å². The van der Waals surface area contributed by atoms with Crippen molar-refractivity contribution in [3.05, 3.63) is 75.8 Å². The number of benzene rings is 2. The molecule has 2 aromatic carbocycles. The van der Waals surface area contributed by atoms with Crippen LogP contribution in [0.1, 0.15) is 16.7 Å². The Bertz CT molecular complexity index is 1310. The summed E-state index contributed by atoms with van der Waals surface area (Å²) in [6, 6.07) is 18.6. The summed E-state index contributed by atoms with van der Waals surface area (Å²) in [5, 5.41) is 13.8. The average Bonchev–Trinajstić information content (AvgIpc) is 3.16. The molecular formula is C25H25BrN6O. The first-order valence-electron chi connectivity index (χ1n) is 11.0. The van der Waals surface area contributed by atoms with Gasteiger partial charge in [0, 0.05) is 24.7 Å². The van der Waals surface area contributed by atoms with Gasteiger partial charge in [-0.15, -0.1) is 5.11 Å². The van der Waals surface area contributed by atoms with Gasteiger partial charge in [0.1, 0.15) is 11.5 Å². The molecule has 0 bridgehead atoms.